The summed E-state index contributed by atoms with van der Waals surface area (Å²) in [6.07, 6.45) is 21.9. The van der Waals surface area contributed by atoms with E-state index in [0.717, 1.165) is 32.1 Å². The van der Waals surface area contributed by atoms with Gasteiger partial charge in [0, 0.05) is 5.97 Å². The summed E-state index contributed by atoms with van der Waals surface area (Å²) in [5.74, 6) is -0.921. The van der Waals surface area contributed by atoms with Crippen LogP contribution in [0.25, 0.3) is 0 Å². The second kappa shape index (κ2) is 26.1. The number of rotatable bonds is 14. The first kappa shape index (κ1) is 30.1. The molecule has 0 unspecified atom stereocenters. The molecule has 8 N–H and O–H groups in total. The molecule has 0 aliphatic carbocycles. The van der Waals surface area contributed by atoms with Crippen LogP contribution in [0.15, 0.2) is 24.3 Å². The molecule has 0 fully saturated rings. The van der Waals surface area contributed by atoms with Crippen LogP contribution in [0, 0.1) is 0 Å². The smallest absolute Gasteiger partial charge is 0.0414 e. The van der Waals surface area contributed by atoms with Gasteiger partial charge >= 0.3 is 0 Å². The predicted molar refractivity (Wildman–Crippen MR) is 96.3 cm³/mol. The maximum atomic E-state index is 10.2. The molecular formula is C18H39ClN2O2. The van der Waals surface area contributed by atoms with Crippen LogP contribution in [0.2, 0.25) is 0 Å². The average Bonchev–Trinajstić information content (AvgIpc) is 2.43. The van der Waals surface area contributed by atoms with E-state index in [4.69, 9.17) is 0 Å². The molecule has 0 bridgehead atoms. The number of aliphatic carboxylic acids is 1. The normalized spacial score (nSPS) is 10.1. The van der Waals surface area contributed by atoms with Crippen molar-refractivity contribution < 1.29 is 22.3 Å². The fraction of sp³-hybridized carbons (Fsp3) is 0.722. The Labute approximate surface area is 149 Å². The van der Waals surface area contributed by atoms with Gasteiger partial charge < -0.3 is 34.6 Å². The van der Waals surface area contributed by atoms with Crippen LogP contribution in [0.4, 0.5) is 0 Å². The molecule has 0 aromatic carbocycles. The van der Waals surface area contributed by atoms with Gasteiger partial charge in [0.05, 0.1) is 0 Å². The van der Waals surface area contributed by atoms with E-state index < -0.39 is 5.97 Å². The predicted octanol–water partition coefficient (Wildman–Crippen LogP) is 2.31. The van der Waals surface area contributed by atoms with Gasteiger partial charge in [-0.05, 0) is 44.9 Å². The third-order valence-electron chi connectivity index (χ3n) is 3.33. The number of allylic oxidation sites excluding steroid dienone is 4. The fourth-order valence-corrected chi connectivity index (χ4v) is 2.08. The molecule has 0 aliphatic rings. The number of carboxylic acids is 1. The van der Waals surface area contributed by atoms with Crippen molar-refractivity contribution in [3.8, 4) is 0 Å². The van der Waals surface area contributed by atoms with Crippen LogP contribution in [0.1, 0.15) is 84.0 Å². The van der Waals surface area contributed by atoms with E-state index in [1.165, 1.54) is 38.5 Å². The number of carbonyl (C=O) groups excluding carboxylic acids is 1. The highest BCUT2D eigenvalue weighted by molar-refractivity contribution is 5.63. The molecule has 4 nitrogen and oxygen atoms in total. The summed E-state index contributed by atoms with van der Waals surface area (Å²) in [7, 11) is 0. The Kier molecular flexibility index (Phi) is 34.1. The number of unbranched alkanes of at least 4 members (excludes halogenated alkanes) is 8. The van der Waals surface area contributed by atoms with E-state index in [1.54, 1.807) is 0 Å². The lowest BCUT2D eigenvalue weighted by molar-refractivity contribution is -0.305. The molecule has 0 saturated heterocycles. The largest absolute Gasteiger partial charge is 1.00 e. The molecule has 0 heterocycles. The molecule has 0 atom stereocenters. The lowest BCUT2D eigenvalue weighted by Gasteiger charge is -2.01. The van der Waals surface area contributed by atoms with Gasteiger partial charge in [0.25, 0.3) is 0 Å². The Balaban J connectivity index is -0.000000602. The standard InChI is InChI=1S/C18H32O2.ClH.2H3N/c1-2-3-4-5-6-7-8-9-10-11-12-13-14-15-16-17-18(19)20;;;/h6-7,9-10H,2-5,8,11-17H2,1H3,(H,19,20);1H;2*1H3/b7-6-,10-9-;;;. The highest BCUT2D eigenvalue weighted by Crippen LogP contribution is 2.07. The molecule has 0 saturated carbocycles. The Morgan fingerprint density at radius 3 is 1.78 bits per heavy atom. The monoisotopic (exact) mass is 350 g/mol. The third kappa shape index (κ3) is 29.7. The summed E-state index contributed by atoms with van der Waals surface area (Å²) < 4.78 is 0. The van der Waals surface area contributed by atoms with E-state index in [0.29, 0.717) is 0 Å². The zero-order valence-electron chi connectivity index (χ0n) is 15.5. The van der Waals surface area contributed by atoms with Crippen molar-refractivity contribution in [2.75, 3.05) is 0 Å². The Hall–Kier alpha value is -0.840. The van der Waals surface area contributed by atoms with Gasteiger partial charge in [-0.25, -0.2) is 0 Å². The van der Waals surface area contributed by atoms with Gasteiger partial charge in [-0.3, -0.25) is 0 Å². The molecule has 140 valence electrons. The van der Waals surface area contributed by atoms with Gasteiger partial charge in [0.1, 0.15) is 0 Å². The fourth-order valence-electron chi connectivity index (χ4n) is 2.08. The van der Waals surface area contributed by atoms with Gasteiger partial charge in [-0.2, -0.15) is 0 Å². The van der Waals surface area contributed by atoms with Crippen LogP contribution < -0.4 is 29.8 Å². The van der Waals surface area contributed by atoms with E-state index in [1.807, 2.05) is 0 Å². The van der Waals surface area contributed by atoms with Crippen molar-refractivity contribution in [3.05, 3.63) is 24.3 Å². The molecule has 0 aromatic heterocycles. The van der Waals surface area contributed by atoms with E-state index >= 15 is 0 Å². The zero-order valence-corrected chi connectivity index (χ0v) is 16.2. The van der Waals surface area contributed by atoms with E-state index in [-0.39, 0.29) is 31.1 Å². The number of carboxylic acid groups (broad SMARTS) is 1. The maximum Gasteiger partial charge on any atom is 0.0414 e. The molecule has 0 rings (SSSR count). The summed E-state index contributed by atoms with van der Waals surface area (Å²) in [6, 6.07) is 0. The molecule has 0 amide bonds. The van der Waals surface area contributed by atoms with Gasteiger partial charge in [0.15, 0.2) is 0 Å². The number of hydrogen-bond acceptors (Lipinski definition) is 2. The summed E-state index contributed by atoms with van der Waals surface area (Å²) in [5.41, 5.74) is 0. The summed E-state index contributed by atoms with van der Waals surface area (Å²) in [4.78, 5) is 10.2. The van der Waals surface area contributed by atoms with Crippen molar-refractivity contribution in [3.63, 3.8) is 0 Å². The second-order valence-electron chi connectivity index (χ2n) is 5.35. The van der Waals surface area contributed by atoms with Crippen molar-refractivity contribution in [2.24, 2.45) is 0 Å². The lowest BCUT2D eigenvalue weighted by Crippen LogP contribution is -3.00. The van der Waals surface area contributed by atoms with Crippen LogP contribution in [0.3, 0.4) is 0 Å². The molecule has 23 heavy (non-hydrogen) atoms. The molecule has 5 heteroatoms. The highest BCUT2D eigenvalue weighted by Gasteiger charge is 1.90. The minimum Gasteiger partial charge on any atom is -1.00 e. The Bertz CT molecular complexity index is 282. The van der Waals surface area contributed by atoms with Gasteiger partial charge in [-0.1, -0.05) is 63.3 Å². The maximum absolute atomic E-state index is 10.2. The first-order valence-corrected chi connectivity index (χ1v) is 8.27. The molecule has 0 aliphatic heterocycles. The van der Waals surface area contributed by atoms with E-state index in [2.05, 4.69) is 31.2 Å². The first-order valence-electron chi connectivity index (χ1n) is 8.27. The van der Waals surface area contributed by atoms with Gasteiger partial charge in [0.2, 0.25) is 0 Å². The minimum atomic E-state index is -0.921. The Morgan fingerprint density at radius 2 is 1.26 bits per heavy atom. The summed E-state index contributed by atoms with van der Waals surface area (Å²) >= 11 is 0. The topological polar surface area (TPSA) is 113 Å². The van der Waals surface area contributed by atoms with Crippen molar-refractivity contribution >= 4 is 5.97 Å². The molecule has 0 spiro atoms. The van der Waals surface area contributed by atoms with Crippen LogP contribution >= 0.6 is 0 Å². The number of hydrogen-bond donors (Lipinski definition) is 2. The van der Waals surface area contributed by atoms with Gasteiger partial charge in [-0.15, -0.1) is 0 Å². The number of halogens is 1. The van der Waals surface area contributed by atoms with Crippen molar-refractivity contribution in [2.45, 2.75) is 84.0 Å². The Morgan fingerprint density at radius 1 is 0.783 bits per heavy atom. The highest BCUT2D eigenvalue weighted by atomic mass is 35.5. The summed E-state index contributed by atoms with van der Waals surface area (Å²) in [5, 5.41) is 10.2. The SMILES string of the molecule is CCCCC/C=C\C/C=C\CCCCCCCC(=O)[O-].[Cl-].[NH4+].[NH4+]. The summed E-state index contributed by atoms with van der Waals surface area (Å²) in [6.45, 7) is 2.23. The quantitative estimate of drug-likeness (QED) is 0.369. The van der Waals surface area contributed by atoms with Crippen LogP contribution in [-0.2, 0) is 4.79 Å². The zero-order chi connectivity index (χ0) is 14.9. The minimum absolute atomic E-state index is 0. The number of carbonyl (C=O) groups is 1. The van der Waals surface area contributed by atoms with Crippen LogP contribution in [-0.4, -0.2) is 5.97 Å². The second-order valence-corrected chi connectivity index (χ2v) is 5.35. The number of quaternary nitrogens is 2. The lowest BCUT2D eigenvalue weighted by atomic mass is 10.1. The molecule has 0 aromatic rings. The van der Waals surface area contributed by atoms with Crippen molar-refractivity contribution in [1.29, 1.82) is 0 Å². The van der Waals surface area contributed by atoms with Crippen LogP contribution in [0.5, 0.6) is 0 Å². The average molecular weight is 351 g/mol. The molecular weight excluding hydrogens is 312 g/mol. The van der Waals surface area contributed by atoms with Crippen molar-refractivity contribution in [1.82, 2.24) is 12.3 Å². The molecule has 0 radical (unpaired) electrons. The third-order valence-corrected chi connectivity index (χ3v) is 3.33. The van der Waals surface area contributed by atoms with E-state index in [9.17, 15) is 9.90 Å². The first-order chi connectivity index (χ1) is 9.77.